The predicted molar refractivity (Wildman–Crippen MR) is 49.7 cm³/mol. The summed E-state index contributed by atoms with van der Waals surface area (Å²) in [5.74, 6) is -1.13. The van der Waals surface area contributed by atoms with Gasteiger partial charge in [-0.15, -0.1) is 6.58 Å². The first-order valence-corrected chi connectivity index (χ1v) is 4.04. The van der Waals surface area contributed by atoms with Crippen LogP contribution in [-0.2, 0) is 0 Å². The summed E-state index contributed by atoms with van der Waals surface area (Å²) in [4.78, 5) is 0. The maximum Gasteiger partial charge on any atom is 0.149 e. The zero-order valence-corrected chi connectivity index (χ0v) is 7.19. The van der Waals surface area contributed by atoms with E-state index in [0.29, 0.717) is 13.0 Å². The molecule has 13 heavy (non-hydrogen) atoms. The van der Waals surface area contributed by atoms with Crippen LogP contribution in [-0.4, -0.2) is 6.54 Å². The molecule has 0 fully saturated rings. The summed E-state index contributed by atoms with van der Waals surface area (Å²) in [7, 11) is 0. The molecule has 0 radical (unpaired) electrons. The van der Waals surface area contributed by atoms with Crippen LogP contribution in [0.5, 0.6) is 0 Å². The van der Waals surface area contributed by atoms with Gasteiger partial charge in [0.2, 0.25) is 0 Å². The van der Waals surface area contributed by atoms with Gasteiger partial charge in [0.05, 0.1) is 0 Å². The molecule has 0 aliphatic heterocycles. The van der Waals surface area contributed by atoms with Gasteiger partial charge in [-0.2, -0.15) is 0 Å². The minimum atomic E-state index is -0.566. The predicted octanol–water partition coefficient (Wildman–Crippen LogP) is 2.95. The lowest BCUT2D eigenvalue weighted by atomic mass is 10.3. The molecule has 1 aromatic rings. The molecule has 0 atom stereocenters. The van der Waals surface area contributed by atoms with Crippen molar-refractivity contribution in [3.05, 3.63) is 42.5 Å². The molecule has 0 heterocycles. The van der Waals surface area contributed by atoms with Crippen LogP contribution in [0.25, 0.3) is 0 Å². The molecule has 0 aliphatic carbocycles. The van der Waals surface area contributed by atoms with E-state index in [4.69, 9.17) is 0 Å². The van der Waals surface area contributed by atoms with Crippen LogP contribution in [0.4, 0.5) is 14.5 Å². The Hall–Kier alpha value is -1.38. The average molecular weight is 183 g/mol. The minimum Gasteiger partial charge on any atom is -0.380 e. The van der Waals surface area contributed by atoms with Gasteiger partial charge in [0.25, 0.3) is 0 Å². The van der Waals surface area contributed by atoms with E-state index in [2.05, 4.69) is 11.9 Å². The molecular weight excluding hydrogens is 172 g/mol. The molecule has 0 saturated carbocycles. The van der Waals surface area contributed by atoms with Crippen LogP contribution < -0.4 is 5.32 Å². The summed E-state index contributed by atoms with van der Waals surface area (Å²) in [5, 5.41) is 2.66. The largest absolute Gasteiger partial charge is 0.380 e. The maximum absolute atomic E-state index is 12.9. The number of anilines is 1. The number of halogens is 2. The Bertz CT molecular complexity index is 277. The molecule has 0 spiro atoms. The zero-order chi connectivity index (χ0) is 9.68. The Morgan fingerprint density at radius 3 is 2.46 bits per heavy atom. The van der Waals surface area contributed by atoms with Crippen LogP contribution in [0.1, 0.15) is 6.42 Å². The monoisotopic (exact) mass is 183 g/mol. The molecule has 1 nitrogen and oxygen atoms in total. The van der Waals surface area contributed by atoms with Crippen LogP contribution in [0.3, 0.4) is 0 Å². The fourth-order valence-electron chi connectivity index (χ4n) is 0.966. The Balaban J connectivity index is 2.69. The van der Waals surface area contributed by atoms with Gasteiger partial charge in [0.1, 0.15) is 17.3 Å². The third-order valence-corrected chi connectivity index (χ3v) is 1.61. The standard InChI is InChI=1S/C10H11F2N/c1-2-3-7-13-10-8(11)5-4-6-9(10)12/h2,4-6,13H,1,3,7H2. The third-order valence-electron chi connectivity index (χ3n) is 1.61. The van der Waals surface area contributed by atoms with Gasteiger partial charge in [-0.3, -0.25) is 0 Å². The van der Waals surface area contributed by atoms with Gasteiger partial charge in [0, 0.05) is 6.54 Å². The van der Waals surface area contributed by atoms with E-state index in [0.717, 1.165) is 0 Å². The van der Waals surface area contributed by atoms with Gasteiger partial charge in [-0.25, -0.2) is 8.78 Å². The van der Waals surface area contributed by atoms with Crippen molar-refractivity contribution in [3.63, 3.8) is 0 Å². The van der Waals surface area contributed by atoms with Crippen LogP contribution in [0.2, 0.25) is 0 Å². The summed E-state index contributed by atoms with van der Waals surface area (Å²) < 4.78 is 25.9. The van der Waals surface area contributed by atoms with E-state index in [1.165, 1.54) is 18.2 Å². The van der Waals surface area contributed by atoms with Crippen LogP contribution >= 0.6 is 0 Å². The highest BCUT2D eigenvalue weighted by molar-refractivity contribution is 5.45. The van der Waals surface area contributed by atoms with Crippen molar-refractivity contribution in [1.29, 1.82) is 0 Å². The summed E-state index contributed by atoms with van der Waals surface area (Å²) >= 11 is 0. The summed E-state index contributed by atoms with van der Waals surface area (Å²) in [5.41, 5.74) is -0.0654. The van der Waals surface area contributed by atoms with Crippen molar-refractivity contribution < 1.29 is 8.78 Å². The zero-order valence-electron chi connectivity index (χ0n) is 7.19. The minimum absolute atomic E-state index is 0.0654. The van der Waals surface area contributed by atoms with Crippen molar-refractivity contribution in [2.24, 2.45) is 0 Å². The van der Waals surface area contributed by atoms with E-state index in [-0.39, 0.29) is 5.69 Å². The van der Waals surface area contributed by atoms with E-state index in [9.17, 15) is 8.78 Å². The van der Waals surface area contributed by atoms with E-state index in [1.807, 2.05) is 0 Å². The second-order valence-electron chi connectivity index (χ2n) is 2.60. The number of hydrogen-bond donors (Lipinski definition) is 1. The molecule has 0 bridgehead atoms. The Morgan fingerprint density at radius 2 is 1.92 bits per heavy atom. The number of rotatable bonds is 4. The van der Waals surface area contributed by atoms with Crippen molar-refractivity contribution in [2.75, 3.05) is 11.9 Å². The fraction of sp³-hybridized carbons (Fsp3) is 0.200. The van der Waals surface area contributed by atoms with Gasteiger partial charge in [-0.05, 0) is 18.6 Å². The first kappa shape index (κ1) is 9.71. The van der Waals surface area contributed by atoms with Gasteiger partial charge in [-0.1, -0.05) is 12.1 Å². The van der Waals surface area contributed by atoms with Crippen LogP contribution in [0, 0.1) is 11.6 Å². The molecule has 1 rings (SSSR count). The normalized spacial score (nSPS) is 9.69. The quantitative estimate of drug-likeness (QED) is 0.559. The fourth-order valence-corrected chi connectivity index (χ4v) is 0.966. The van der Waals surface area contributed by atoms with Crippen molar-refractivity contribution in [1.82, 2.24) is 0 Å². The Kier molecular flexibility index (Phi) is 3.43. The molecule has 0 unspecified atom stereocenters. The van der Waals surface area contributed by atoms with Crippen LogP contribution in [0.15, 0.2) is 30.9 Å². The molecule has 0 aromatic heterocycles. The summed E-state index contributed by atoms with van der Waals surface area (Å²) in [6, 6.07) is 3.78. The topological polar surface area (TPSA) is 12.0 Å². The van der Waals surface area contributed by atoms with Crippen molar-refractivity contribution >= 4 is 5.69 Å². The first-order valence-electron chi connectivity index (χ1n) is 4.04. The summed E-state index contributed by atoms with van der Waals surface area (Å²) in [6.07, 6.45) is 2.36. The molecule has 0 aliphatic rings. The van der Waals surface area contributed by atoms with Gasteiger partial charge < -0.3 is 5.32 Å². The van der Waals surface area contributed by atoms with E-state index < -0.39 is 11.6 Å². The smallest absolute Gasteiger partial charge is 0.149 e. The van der Waals surface area contributed by atoms with E-state index >= 15 is 0 Å². The highest BCUT2D eigenvalue weighted by Crippen LogP contribution is 2.17. The molecule has 1 N–H and O–H groups in total. The third kappa shape index (κ3) is 2.54. The average Bonchev–Trinajstić information content (AvgIpc) is 2.10. The van der Waals surface area contributed by atoms with Crippen molar-refractivity contribution in [2.45, 2.75) is 6.42 Å². The first-order chi connectivity index (χ1) is 6.25. The number of benzene rings is 1. The number of para-hydroxylation sites is 1. The number of hydrogen-bond acceptors (Lipinski definition) is 1. The lowest BCUT2D eigenvalue weighted by molar-refractivity contribution is 0.588. The summed E-state index contributed by atoms with van der Waals surface area (Å²) in [6.45, 7) is 4.00. The molecule has 1 aromatic carbocycles. The van der Waals surface area contributed by atoms with Gasteiger partial charge in [0.15, 0.2) is 0 Å². The molecular formula is C10H11F2N. The second-order valence-corrected chi connectivity index (χ2v) is 2.60. The van der Waals surface area contributed by atoms with Gasteiger partial charge >= 0.3 is 0 Å². The number of nitrogens with one attached hydrogen (secondary N) is 1. The lowest BCUT2D eigenvalue weighted by Gasteiger charge is -2.06. The molecule has 0 amide bonds. The molecule has 0 saturated heterocycles. The molecule has 3 heteroatoms. The highest BCUT2D eigenvalue weighted by Gasteiger charge is 2.05. The van der Waals surface area contributed by atoms with E-state index in [1.54, 1.807) is 6.08 Å². The Morgan fingerprint density at radius 1 is 1.31 bits per heavy atom. The SMILES string of the molecule is C=CCCNc1c(F)cccc1F. The lowest BCUT2D eigenvalue weighted by Crippen LogP contribution is -2.04. The second kappa shape index (κ2) is 4.60. The Labute approximate surface area is 76.1 Å². The maximum atomic E-state index is 12.9. The van der Waals surface area contributed by atoms with Crippen molar-refractivity contribution in [3.8, 4) is 0 Å². The molecule has 70 valence electrons. The highest BCUT2D eigenvalue weighted by atomic mass is 19.1.